The molecule has 2 nitrogen and oxygen atoms in total. The van der Waals surface area contributed by atoms with Crippen LogP contribution < -0.4 is 5.56 Å². The standard InChI is InChI=1S/C14H21Br2NO/c1-3-7-14(10-15,8-4-2)11-17-9-5-6-12(16)13(17)18/h5-6,9H,3-4,7-8,10-11H2,1-2H3. The molecule has 0 unspecified atom stereocenters. The summed E-state index contributed by atoms with van der Waals surface area (Å²) < 4.78 is 2.47. The van der Waals surface area contributed by atoms with Gasteiger partial charge in [0.2, 0.25) is 0 Å². The van der Waals surface area contributed by atoms with Gasteiger partial charge in [-0.1, -0.05) is 42.6 Å². The second-order valence-electron chi connectivity index (χ2n) is 4.92. The molecule has 0 atom stereocenters. The fraction of sp³-hybridized carbons (Fsp3) is 0.643. The monoisotopic (exact) mass is 377 g/mol. The molecule has 0 saturated heterocycles. The lowest BCUT2D eigenvalue weighted by Gasteiger charge is -2.32. The first-order valence-corrected chi connectivity index (χ1v) is 8.41. The minimum atomic E-state index is 0.0648. The van der Waals surface area contributed by atoms with Crippen molar-refractivity contribution in [2.24, 2.45) is 5.41 Å². The largest absolute Gasteiger partial charge is 0.314 e. The van der Waals surface area contributed by atoms with E-state index in [4.69, 9.17) is 0 Å². The molecule has 4 heteroatoms. The van der Waals surface area contributed by atoms with Gasteiger partial charge in [0.05, 0.1) is 4.47 Å². The van der Waals surface area contributed by atoms with E-state index in [1.54, 1.807) is 6.07 Å². The highest BCUT2D eigenvalue weighted by Gasteiger charge is 2.28. The van der Waals surface area contributed by atoms with Gasteiger partial charge in [-0.3, -0.25) is 4.79 Å². The molecule has 18 heavy (non-hydrogen) atoms. The highest BCUT2D eigenvalue weighted by Crippen LogP contribution is 2.33. The van der Waals surface area contributed by atoms with Crippen molar-refractivity contribution in [2.45, 2.75) is 46.1 Å². The maximum absolute atomic E-state index is 12.1. The summed E-state index contributed by atoms with van der Waals surface area (Å²) >= 11 is 6.96. The third kappa shape index (κ3) is 3.95. The van der Waals surface area contributed by atoms with Crippen molar-refractivity contribution in [1.29, 1.82) is 0 Å². The van der Waals surface area contributed by atoms with Gasteiger partial charge in [-0.25, -0.2) is 0 Å². The van der Waals surface area contributed by atoms with E-state index >= 15 is 0 Å². The van der Waals surface area contributed by atoms with Crippen LogP contribution in [0.4, 0.5) is 0 Å². The van der Waals surface area contributed by atoms with E-state index in [9.17, 15) is 4.79 Å². The maximum Gasteiger partial charge on any atom is 0.264 e. The van der Waals surface area contributed by atoms with Crippen molar-refractivity contribution < 1.29 is 0 Å². The molecule has 0 fully saturated rings. The molecule has 0 aromatic carbocycles. The molecule has 0 saturated carbocycles. The molecule has 0 aliphatic rings. The molecule has 0 radical (unpaired) electrons. The smallest absolute Gasteiger partial charge is 0.264 e. The number of halogens is 2. The maximum atomic E-state index is 12.1. The van der Waals surface area contributed by atoms with Crippen LogP contribution in [0.1, 0.15) is 39.5 Å². The number of rotatable bonds is 7. The Morgan fingerprint density at radius 1 is 1.28 bits per heavy atom. The van der Waals surface area contributed by atoms with Crippen LogP contribution in [-0.4, -0.2) is 9.90 Å². The Bertz CT molecular complexity index is 422. The van der Waals surface area contributed by atoms with Gasteiger partial charge in [-0.15, -0.1) is 0 Å². The molecule has 0 N–H and O–H groups in total. The molecule has 0 aliphatic carbocycles. The fourth-order valence-corrected chi connectivity index (χ4v) is 3.63. The average Bonchev–Trinajstić information content (AvgIpc) is 2.35. The molecule has 1 heterocycles. The fourth-order valence-electron chi connectivity index (χ4n) is 2.51. The molecule has 1 rings (SSSR count). The lowest BCUT2D eigenvalue weighted by molar-refractivity contribution is 0.230. The zero-order valence-electron chi connectivity index (χ0n) is 11.1. The quantitative estimate of drug-likeness (QED) is 0.636. The summed E-state index contributed by atoms with van der Waals surface area (Å²) in [5, 5.41) is 0.945. The lowest BCUT2D eigenvalue weighted by Crippen LogP contribution is -2.33. The summed E-state index contributed by atoms with van der Waals surface area (Å²) in [6.07, 6.45) is 6.47. The number of pyridine rings is 1. The molecule has 0 amide bonds. The molecule has 102 valence electrons. The first-order valence-electron chi connectivity index (χ1n) is 6.49. The third-order valence-electron chi connectivity index (χ3n) is 3.32. The van der Waals surface area contributed by atoms with Crippen LogP contribution in [0.25, 0.3) is 0 Å². The van der Waals surface area contributed by atoms with Crippen molar-refractivity contribution in [3.63, 3.8) is 0 Å². The van der Waals surface area contributed by atoms with Gasteiger partial charge in [0, 0.05) is 18.1 Å². The van der Waals surface area contributed by atoms with Gasteiger partial charge in [0.1, 0.15) is 0 Å². The van der Waals surface area contributed by atoms with Gasteiger partial charge in [0.15, 0.2) is 0 Å². The molecule has 1 aromatic rings. The first kappa shape index (κ1) is 16.0. The Morgan fingerprint density at radius 2 is 1.89 bits per heavy atom. The van der Waals surface area contributed by atoms with E-state index in [1.807, 2.05) is 16.8 Å². The van der Waals surface area contributed by atoms with Crippen LogP contribution >= 0.6 is 31.9 Å². The van der Waals surface area contributed by atoms with E-state index in [1.165, 1.54) is 0 Å². The first-order chi connectivity index (χ1) is 8.58. The minimum Gasteiger partial charge on any atom is -0.314 e. The predicted octanol–water partition coefficient (Wildman–Crippen LogP) is 4.59. The summed E-state index contributed by atoms with van der Waals surface area (Å²) in [5.41, 5.74) is 0.253. The molecule has 0 aliphatic heterocycles. The number of aromatic nitrogens is 1. The Hall–Kier alpha value is -0.0900. The van der Waals surface area contributed by atoms with Gasteiger partial charge in [-0.05, 0) is 46.3 Å². The van der Waals surface area contributed by atoms with Crippen molar-refractivity contribution >= 4 is 31.9 Å². The zero-order valence-corrected chi connectivity index (χ0v) is 14.3. The average molecular weight is 379 g/mol. The summed E-state index contributed by atoms with van der Waals surface area (Å²) in [4.78, 5) is 12.1. The van der Waals surface area contributed by atoms with Crippen LogP contribution in [0.3, 0.4) is 0 Å². The summed E-state index contributed by atoms with van der Waals surface area (Å²) in [7, 11) is 0. The third-order valence-corrected chi connectivity index (χ3v) is 5.12. The Labute approximate surface area is 126 Å². The van der Waals surface area contributed by atoms with E-state index in [2.05, 4.69) is 45.7 Å². The topological polar surface area (TPSA) is 22.0 Å². The van der Waals surface area contributed by atoms with Crippen molar-refractivity contribution in [1.82, 2.24) is 4.57 Å². The predicted molar refractivity (Wildman–Crippen MR) is 84.4 cm³/mol. The molecule has 0 bridgehead atoms. The number of hydrogen-bond acceptors (Lipinski definition) is 1. The Kier molecular flexibility index (Phi) is 6.64. The summed E-state index contributed by atoms with van der Waals surface area (Å²) in [6, 6.07) is 3.72. The lowest BCUT2D eigenvalue weighted by atomic mass is 9.81. The number of hydrogen-bond donors (Lipinski definition) is 0. The van der Waals surface area contributed by atoms with Crippen molar-refractivity contribution in [2.75, 3.05) is 5.33 Å². The minimum absolute atomic E-state index is 0.0648. The van der Waals surface area contributed by atoms with E-state index < -0.39 is 0 Å². The number of nitrogens with zero attached hydrogens (tertiary/aromatic N) is 1. The van der Waals surface area contributed by atoms with Crippen LogP contribution in [0.2, 0.25) is 0 Å². The van der Waals surface area contributed by atoms with Crippen LogP contribution in [0.15, 0.2) is 27.6 Å². The van der Waals surface area contributed by atoms with Gasteiger partial charge in [0.25, 0.3) is 5.56 Å². The second-order valence-corrected chi connectivity index (χ2v) is 6.34. The van der Waals surface area contributed by atoms with Gasteiger partial charge in [-0.2, -0.15) is 0 Å². The van der Waals surface area contributed by atoms with Crippen LogP contribution in [0, 0.1) is 5.41 Å². The summed E-state index contributed by atoms with van der Waals surface area (Å²) in [5.74, 6) is 0. The SMILES string of the molecule is CCCC(CBr)(CCC)Cn1cccc(Br)c1=O. The second kappa shape index (κ2) is 7.49. The molecular formula is C14H21Br2NO. The molecule has 1 aromatic heterocycles. The van der Waals surface area contributed by atoms with E-state index in [0.29, 0.717) is 4.47 Å². The van der Waals surface area contributed by atoms with Crippen molar-refractivity contribution in [3.8, 4) is 0 Å². The van der Waals surface area contributed by atoms with E-state index in [-0.39, 0.29) is 11.0 Å². The molecule has 0 spiro atoms. The Balaban J connectivity index is 3.02. The van der Waals surface area contributed by atoms with Crippen LogP contribution in [-0.2, 0) is 6.54 Å². The number of alkyl halides is 1. The normalized spacial score (nSPS) is 11.8. The highest BCUT2D eigenvalue weighted by molar-refractivity contribution is 9.10. The van der Waals surface area contributed by atoms with Gasteiger partial charge >= 0.3 is 0 Å². The zero-order chi connectivity index (χ0) is 13.6. The van der Waals surface area contributed by atoms with Gasteiger partial charge < -0.3 is 4.57 Å². The van der Waals surface area contributed by atoms with Crippen molar-refractivity contribution in [3.05, 3.63) is 33.2 Å². The molecular weight excluding hydrogens is 358 g/mol. The van der Waals surface area contributed by atoms with Crippen LogP contribution in [0.5, 0.6) is 0 Å². The highest BCUT2D eigenvalue weighted by atomic mass is 79.9. The summed E-state index contributed by atoms with van der Waals surface area (Å²) in [6.45, 7) is 5.20. The van der Waals surface area contributed by atoms with E-state index in [0.717, 1.165) is 37.6 Å². The Morgan fingerprint density at radius 3 is 2.39 bits per heavy atom.